The van der Waals surface area contributed by atoms with Gasteiger partial charge in [-0.15, -0.1) is 0 Å². The van der Waals surface area contributed by atoms with E-state index in [1.165, 1.54) is 33.0 Å². The molecule has 64 heavy (non-hydrogen) atoms. The first-order valence-electron chi connectivity index (χ1n) is 22.1. The van der Waals surface area contributed by atoms with Gasteiger partial charge in [-0.25, -0.2) is 0 Å². The van der Waals surface area contributed by atoms with Crippen LogP contribution in [0.25, 0.3) is 99.2 Å². The molecule has 0 bridgehead atoms. The second kappa shape index (κ2) is 13.9. The van der Waals surface area contributed by atoms with Crippen molar-refractivity contribution >= 4 is 71.7 Å². The van der Waals surface area contributed by atoms with Gasteiger partial charge in [0.2, 0.25) is 0 Å². The highest BCUT2D eigenvalue weighted by Crippen LogP contribution is 2.57. The number of rotatable bonds is 6. The number of fused-ring (bicyclic) bond motifs is 10. The molecule has 12 aromatic rings. The van der Waals surface area contributed by atoms with Crippen molar-refractivity contribution in [3.05, 3.63) is 223 Å². The molecule has 0 amide bonds. The summed E-state index contributed by atoms with van der Waals surface area (Å²) >= 11 is 0. The molecular weight excluding hydrogens is 779 g/mol. The Balaban J connectivity index is 1.16. The van der Waals surface area contributed by atoms with Crippen LogP contribution >= 0.6 is 0 Å². The molecule has 0 N–H and O–H groups in total. The van der Waals surface area contributed by atoms with Crippen molar-refractivity contribution < 1.29 is 8.83 Å². The Bertz CT molecular complexity index is 3840. The third-order valence-corrected chi connectivity index (χ3v) is 13.7. The van der Waals surface area contributed by atoms with E-state index in [1.54, 1.807) is 0 Å². The van der Waals surface area contributed by atoms with E-state index in [0.717, 1.165) is 94.3 Å². The van der Waals surface area contributed by atoms with Gasteiger partial charge in [0.1, 0.15) is 22.3 Å². The van der Waals surface area contributed by atoms with Gasteiger partial charge in [-0.3, -0.25) is 0 Å². The first-order valence-corrected chi connectivity index (χ1v) is 22.1. The van der Waals surface area contributed by atoms with Gasteiger partial charge in [0, 0.05) is 49.2 Å². The minimum absolute atomic E-state index is 0.297. The topological polar surface area (TPSA) is 29.5 Å². The number of anilines is 3. The standard InChI is InChI=1S/C61H41NO2/c1-61(2)51-29-9-5-19-41(51)46-24-16-32-54(58(46)61)62(52-30-10-6-20-42(52)47-25-13-26-48-43-21-7-11-33-55(43)63-59(47)48)53-31-15-23-45(57(53)40-36-35-38-17-3-4-18-39(38)37-40)50-28-14-27-49-44-22-8-12-34-56(44)64-60(49)50/h3-37H,1-2H3. The highest BCUT2D eigenvalue weighted by molar-refractivity contribution is 6.14. The molecule has 0 saturated heterocycles. The van der Waals surface area contributed by atoms with Gasteiger partial charge in [-0.1, -0.05) is 190 Å². The molecule has 2 heterocycles. The second-order valence-corrected chi connectivity index (χ2v) is 17.5. The maximum absolute atomic E-state index is 6.81. The predicted molar refractivity (Wildman–Crippen MR) is 267 cm³/mol. The second-order valence-electron chi connectivity index (χ2n) is 17.5. The van der Waals surface area contributed by atoms with E-state index in [9.17, 15) is 0 Å². The van der Waals surface area contributed by atoms with Crippen LogP contribution in [0.1, 0.15) is 25.0 Å². The zero-order valence-corrected chi connectivity index (χ0v) is 35.5. The molecule has 2 aromatic heterocycles. The lowest BCUT2D eigenvalue weighted by Crippen LogP contribution is -2.21. The molecule has 0 atom stereocenters. The van der Waals surface area contributed by atoms with Crippen LogP contribution < -0.4 is 4.90 Å². The maximum Gasteiger partial charge on any atom is 0.143 e. The van der Waals surface area contributed by atoms with Crippen LogP contribution in [0.4, 0.5) is 17.1 Å². The van der Waals surface area contributed by atoms with Crippen molar-refractivity contribution in [2.24, 2.45) is 0 Å². The fraction of sp³-hybridized carbons (Fsp3) is 0.0492. The Labute approximate surface area is 371 Å². The average Bonchev–Trinajstić information content (AvgIpc) is 4.00. The highest BCUT2D eigenvalue weighted by Gasteiger charge is 2.39. The summed E-state index contributed by atoms with van der Waals surface area (Å²) in [4.78, 5) is 2.54. The zero-order valence-electron chi connectivity index (χ0n) is 35.5. The molecule has 0 spiro atoms. The highest BCUT2D eigenvalue weighted by atomic mass is 16.3. The van der Waals surface area contributed by atoms with E-state index in [-0.39, 0.29) is 5.41 Å². The van der Waals surface area contributed by atoms with E-state index in [0.29, 0.717) is 0 Å². The monoisotopic (exact) mass is 819 g/mol. The molecule has 0 aliphatic heterocycles. The maximum atomic E-state index is 6.81. The van der Waals surface area contributed by atoms with Gasteiger partial charge in [0.05, 0.1) is 17.1 Å². The number of furan rings is 2. The van der Waals surface area contributed by atoms with E-state index in [1.807, 2.05) is 12.1 Å². The number of para-hydroxylation sites is 5. The van der Waals surface area contributed by atoms with Crippen molar-refractivity contribution in [3.8, 4) is 44.5 Å². The van der Waals surface area contributed by atoms with E-state index in [2.05, 4.69) is 219 Å². The van der Waals surface area contributed by atoms with Gasteiger partial charge in [-0.05, 0) is 80.6 Å². The first-order chi connectivity index (χ1) is 31.5. The SMILES string of the molecule is CC1(C)c2ccccc2-c2cccc(N(c3ccccc3-c3cccc4c3oc3ccccc34)c3cccc(-c4cccc5c4oc4ccccc45)c3-c3ccc4ccccc4c3)c21. The molecular formula is C61H41NO2. The largest absolute Gasteiger partial charge is 0.455 e. The molecule has 1 aliphatic rings. The van der Waals surface area contributed by atoms with Crippen molar-refractivity contribution in [3.63, 3.8) is 0 Å². The number of hydrogen-bond acceptors (Lipinski definition) is 3. The molecule has 0 saturated carbocycles. The van der Waals surface area contributed by atoms with Gasteiger partial charge in [-0.2, -0.15) is 0 Å². The molecule has 0 unspecified atom stereocenters. The Kier molecular flexibility index (Phi) is 7.95. The lowest BCUT2D eigenvalue weighted by atomic mass is 9.81. The molecule has 1 aliphatic carbocycles. The normalized spacial score (nSPS) is 13.0. The minimum Gasteiger partial charge on any atom is -0.455 e. The van der Waals surface area contributed by atoms with Crippen LogP contribution in [0.2, 0.25) is 0 Å². The van der Waals surface area contributed by atoms with Crippen molar-refractivity contribution in [2.75, 3.05) is 4.90 Å². The van der Waals surface area contributed by atoms with Crippen LogP contribution in [0.15, 0.2) is 221 Å². The van der Waals surface area contributed by atoms with Crippen LogP contribution in [0.3, 0.4) is 0 Å². The molecule has 3 heteroatoms. The van der Waals surface area contributed by atoms with Crippen molar-refractivity contribution in [1.82, 2.24) is 0 Å². The summed E-state index contributed by atoms with van der Waals surface area (Å²) < 4.78 is 13.6. The Morgan fingerprint density at radius 1 is 0.359 bits per heavy atom. The van der Waals surface area contributed by atoms with E-state index < -0.39 is 0 Å². The van der Waals surface area contributed by atoms with Crippen LogP contribution in [0, 0.1) is 0 Å². The fourth-order valence-electron chi connectivity index (χ4n) is 10.8. The zero-order chi connectivity index (χ0) is 42.5. The van der Waals surface area contributed by atoms with Crippen LogP contribution in [0.5, 0.6) is 0 Å². The van der Waals surface area contributed by atoms with Gasteiger partial charge < -0.3 is 13.7 Å². The molecule has 0 radical (unpaired) electrons. The summed E-state index contributed by atoms with van der Waals surface area (Å²) in [6.07, 6.45) is 0. The van der Waals surface area contributed by atoms with E-state index in [4.69, 9.17) is 8.83 Å². The van der Waals surface area contributed by atoms with Crippen molar-refractivity contribution in [1.29, 1.82) is 0 Å². The Morgan fingerprint density at radius 2 is 0.859 bits per heavy atom. The minimum atomic E-state index is -0.297. The number of hydrogen-bond donors (Lipinski definition) is 0. The third kappa shape index (κ3) is 5.34. The quantitative estimate of drug-likeness (QED) is 0.167. The molecule has 10 aromatic carbocycles. The molecule has 0 fully saturated rings. The smallest absolute Gasteiger partial charge is 0.143 e. The summed E-state index contributed by atoms with van der Waals surface area (Å²) in [7, 11) is 0. The Morgan fingerprint density at radius 3 is 1.59 bits per heavy atom. The lowest BCUT2D eigenvalue weighted by Gasteiger charge is -2.35. The lowest BCUT2D eigenvalue weighted by molar-refractivity contribution is 0.661. The number of nitrogens with zero attached hydrogens (tertiary/aromatic N) is 1. The summed E-state index contributed by atoms with van der Waals surface area (Å²) in [6.45, 7) is 4.76. The molecule has 3 nitrogen and oxygen atoms in total. The third-order valence-electron chi connectivity index (χ3n) is 13.7. The first kappa shape index (κ1) is 36.5. The summed E-state index contributed by atoms with van der Waals surface area (Å²) in [5, 5.41) is 6.81. The summed E-state index contributed by atoms with van der Waals surface area (Å²) in [6, 6.07) is 76.8. The Hall–Kier alpha value is -8.14. The van der Waals surface area contributed by atoms with Crippen molar-refractivity contribution in [2.45, 2.75) is 19.3 Å². The molecule has 302 valence electrons. The molecule has 13 rings (SSSR count). The van der Waals surface area contributed by atoms with Gasteiger partial charge in [0.25, 0.3) is 0 Å². The van der Waals surface area contributed by atoms with Crippen LogP contribution in [-0.4, -0.2) is 0 Å². The van der Waals surface area contributed by atoms with Gasteiger partial charge >= 0.3 is 0 Å². The van der Waals surface area contributed by atoms with Crippen LogP contribution in [-0.2, 0) is 5.41 Å². The van der Waals surface area contributed by atoms with Gasteiger partial charge in [0.15, 0.2) is 0 Å². The van der Waals surface area contributed by atoms with E-state index >= 15 is 0 Å². The predicted octanol–water partition coefficient (Wildman–Crippen LogP) is 17.4. The fourth-order valence-corrected chi connectivity index (χ4v) is 10.8. The average molecular weight is 820 g/mol. The summed E-state index contributed by atoms with van der Waals surface area (Å²) in [5.41, 5.74) is 18.1. The number of benzene rings is 10. The summed E-state index contributed by atoms with van der Waals surface area (Å²) in [5.74, 6) is 0.